The minimum Gasteiger partial charge on any atom is -0.391 e. The monoisotopic (exact) mass is 669 g/mol. The van der Waals surface area contributed by atoms with Gasteiger partial charge in [0.25, 0.3) is 5.91 Å². The summed E-state index contributed by atoms with van der Waals surface area (Å²) in [6.45, 7) is 6.05. The third-order valence-corrected chi connectivity index (χ3v) is 7.28. The van der Waals surface area contributed by atoms with Crippen LogP contribution in [0.15, 0.2) is 60.7 Å². The topological polar surface area (TPSA) is 241 Å². The molecule has 0 radical (unpaired) electrons. The first kappa shape index (κ1) is 39.3. The number of aliphatic hydroxyl groups is 2. The Kier molecular flexibility index (Phi) is 16.2. The second-order valence-corrected chi connectivity index (χ2v) is 11.7. The van der Waals surface area contributed by atoms with Crippen LogP contribution in [-0.4, -0.2) is 95.1 Å². The van der Waals surface area contributed by atoms with Crippen LogP contribution in [0.1, 0.15) is 50.0 Å². The number of primary amides is 1. The lowest BCUT2D eigenvalue weighted by molar-refractivity contribution is -0.136. The van der Waals surface area contributed by atoms with Crippen LogP contribution in [0.4, 0.5) is 0 Å². The Balaban J connectivity index is 2.03. The molecular formula is C33H47N7O8. The van der Waals surface area contributed by atoms with Gasteiger partial charge in [-0.1, -0.05) is 62.4 Å². The maximum absolute atomic E-state index is 13.2. The van der Waals surface area contributed by atoms with Gasteiger partial charge in [0.05, 0.1) is 18.8 Å². The molecule has 0 spiro atoms. The maximum atomic E-state index is 13.2. The molecule has 2 rings (SSSR count). The van der Waals surface area contributed by atoms with Crippen molar-refractivity contribution in [2.75, 3.05) is 13.1 Å². The Morgan fingerprint density at radius 2 is 1.23 bits per heavy atom. The summed E-state index contributed by atoms with van der Waals surface area (Å²) in [7, 11) is 0. The van der Waals surface area contributed by atoms with Crippen molar-refractivity contribution in [2.45, 2.75) is 77.0 Å². The predicted molar refractivity (Wildman–Crippen MR) is 177 cm³/mol. The van der Waals surface area contributed by atoms with Crippen LogP contribution in [0.2, 0.25) is 0 Å². The number of aliphatic hydroxyl groups excluding tert-OH is 2. The summed E-state index contributed by atoms with van der Waals surface area (Å²) in [4.78, 5) is 76.4. The highest BCUT2D eigenvalue weighted by atomic mass is 16.3. The Morgan fingerprint density at radius 3 is 1.77 bits per heavy atom. The smallest absolute Gasteiger partial charge is 0.251 e. The Labute approximate surface area is 279 Å². The molecule has 15 nitrogen and oxygen atoms in total. The largest absolute Gasteiger partial charge is 0.391 e. The average molecular weight is 670 g/mol. The van der Waals surface area contributed by atoms with E-state index in [1.54, 1.807) is 44.2 Å². The fraction of sp³-hybridized carbons (Fsp3) is 0.455. The Morgan fingerprint density at radius 1 is 0.688 bits per heavy atom. The van der Waals surface area contributed by atoms with Crippen molar-refractivity contribution in [1.82, 2.24) is 31.9 Å². The van der Waals surface area contributed by atoms with Crippen molar-refractivity contribution < 1.29 is 39.0 Å². The van der Waals surface area contributed by atoms with Crippen LogP contribution in [-0.2, 0) is 30.5 Å². The second kappa shape index (κ2) is 19.7. The van der Waals surface area contributed by atoms with Gasteiger partial charge >= 0.3 is 0 Å². The van der Waals surface area contributed by atoms with Crippen LogP contribution >= 0.6 is 0 Å². The number of hydrogen-bond acceptors (Lipinski definition) is 9. The van der Waals surface area contributed by atoms with Gasteiger partial charge in [0.2, 0.25) is 29.5 Å². The molecule has 6 atom stereocenters. The molecule has 0 fully saturated rings. The van der Waals surface area contributed by atoms with Crippen LogP contribution < -0.4 is 37.6 Å². The third kappa shape index (κ3) is 13.1. The molecule has 0 aromatic heterocycles. The number of nitrogens with one attached hydrogen (secondary N) is 6. The first-order chi connectivity index (χ1) is 22.7. The van der Waals surface area contributed by atoms with Crippen LogP contribution in [0.3, 0.4) is 0 Å². The van der Waals surface area contributed by atoms with Gasteiger partial charge in [-0.25, -0.2) is 0 Å². The van der Waals surface area contributed by atoms with E-state index in [1.807, 2.05) is 30.3 Å². The molecule has 0 saturated heterocycles. The van der Waals surface area contributed by atoms with Crippen LogP contribution in [0.5, 0.6) is 0 Å². The lowest BCUT2D eigenvalue weighted by atomic mass is 10.0. The van der Waals surface area contributed by atoms with Crippen LogP contribution in [0.25, 0.3) is 0 Å². The molecule has 0 aliphatic rings. The number of hydrogen-bond donors (Lipinski definition) is 9. The normalized spacial score (nSPS) is 14.7. The summed E-state index contributed by atoms with van der Waals surface area (Å²) in [5.74, 6) is -5.16. The van der Waals surface area contributed by atoms with Gasteiger partial charge in [-0.3, -0.25) is 28.8 Å². The van der Waals surface area contributed by atoms with E-state index < -0.39 is 84.3 Å². The van der Waals surface area contributed by atoms with Crippen molar-refractivity contribution in [3.8, 4) is 0 Å². The molecule has 0 aliphatic carbocycles. The van der Waals surface area contributed by atoms with E-state index in [2.05, 4.69) is 31.9 Å². The van der Waals surface area contributed by atoms with Gasteiger partial charge in [-0.2, -0.15) is 0 Å². The SMILES string of the molecule is CC(C)[C@H](NC(=O)[C@@H](NC(=O)CNC(=O)[C@H](CCNCc1ccccc1)NC(=O)c1ccccc1)[C@@H](C)O)C(=O)N[C@H](C(N)=O)[C@@H](C)O. The molecule has 262 valence electrons. The number of rotatable bonds is 19. The average Bonchev–Trinajstić information content (AvgIpc) is 3.05. The van der Waals surface area contributed by atoms with E-state index in [9.17, 15) is 39.0 Å². The van der Waals surface area contributed by atoms with E-state index in [0.29, 0.717) is 18.7 Å². The summed E-state index contributed by atoms with van der Waals surface area (Å²) in [5.41, 5.74) is 6.63. The van der Waals surface area contributed by atoms with Gasteiger partial charge < -0.3 is 47.8 Å². The summed E-state index contributed by atoms with van der Waals surface area (Å²) >= 11 is 0. The number of carbonyl (C=O) groups excluding carboxylic acids is 6. The van der Waals surface area contributed by atoms with E-state index in [-0.39, 0.29) is 6.42 Å². The number of benzene rings is 2. The third-order valence-electron chi connectivity index (χ3n) is 7.28. The Hall–Kier alpha value is -4.86. The van der Waals surface area contributed by atoms with Crippen molar-refractivity contribution in [1.29, 1.82) is 0 Å². The van der Waals surface area contributed by atoms with Gasteiger partial charge in [0.1, 0.15) is 24.2 Å². The number of amides is 6. The molecule has 0 aliphatic heterocycles. The number of carbonyl (C=O) groups is 6. The van der Waals surface area contributed by atoms with Gasteiger partial charge in [-0.05, 0) is 50.4 Å². The van der Waals surface area contributed by atoms with Crippen molar-refractivity contribution >= 4 is 35.4 Å². The minimum atomic E-state index is -1.53. The van der Waals surface area contributed by atoms with Crippen molar-refractivity contribution in [3.63, 3.8) is 0 Å². The molecule has 2 aromatic carbocycles. The first-order valence-electron chi connectivity index (χ1n) is 15.6. The van der Waals surface area contributed by atoms with E-state index in [0.717, 1.165) is 5.56 Å². The lowest BCUT2D eigenvalue weighted by Gasteiger charge is -2.28. The van der Waals surface area contributed by atoms with E-state index in [1.165, 1.54) is 13.8 Å². The standard InChI is InChI=1S/C33H47N7O8/c1-19(2)26(32(47)40-27(20(3)41)29(34)44)39-33(48)28(21(4)42)38-25(43)18-36-31(46)24(37-30(45)23-13-9-6-10-14-23)15-16-35-17-22-11-7-5-8-12-22/h5-14,19-21,24,26-28,35,41-42H,15-18H2,1-4H3,(H2,34,44)(H,36,46)(H,37,45)(H,38,43)(H,39,48)(H,40,47)/t20-,21-,24+,26+,27+,28+/m1/s1. The van der Waals surface area contributed by atoms with Crippen molar-refractivity contribution in [2.24, 2.45) is 11.7 Å². The predicted octanol–water partition coefficient (Wildman–Crippen LogP) is -1.56. The highest BCUT2D eigenvalue weighted by Gasteiger charge is 2.34. The second-order valence-electron chi connectivity index (χ2n) is 11.7. The van der Waals surface area contributed by atoms with Crippen LogP contribution in [0, 0.1) is 5.92 Å². The van der Waals surface area contributed by atoms with E-state index in [4.69, 9.17) is 5.73 Å². The van der Waals surface area contributed by atoms with Crippen molar-refractivity contribution in [3.05, 3.63) is 71.8 Å². The quantitative estimate of drug-likeness (QED) is 0.0785. The fourth-order valence-electron chi connectivity index (χ4n) is 4.55. The molecular weight excluding hydrogens is 622 g/mol. The molecule has 0 saturated carbocycles. The maximum Gasteiger partial charge on any atom is 0.251 e. The van der Waals surface area contributed by atoms with Gasteiger partial charge in [-0.15, -0.1) is 0 Å². The summed E-state index contributed by atoms with van der Waals surface area (Å²) < 4.78 is 0. The minimum absolute atomic E-state index is 0.196. The molecule has 0 unspecified atom stereocenters. The number of nitrogens with two attached hydrogens (primary N) is 1. The first-order valence-corrected chi connectivity index (χ1v) is 15.6. The fourth-order valence-corrected chi connectivity index (χ4v) is 4.55. The highest BCUT2D eigenvalue weighted by Crippen LogP contribution is 2.06. The van der Waals surface area contributed by atoms with Gasteiger partial charge in [0.15, 0.2) is 0 Å². The lowest BCUT2D eigenvalue weighted by Crippen LogP contribution is -2.61. The summed E-state index contributed by atoms with van der Waals surface area (Å²) in [5, 5.41) is 35.5. The summed E-state index contributed by atoms with van der Waals surface area (Å²) in [6, 6.07) is 12.8. The zero-order valence-corrected chi connectivity index (χ0v) is 27.6. The highest BCUT2D eigenvalue weighted by molar-refractivity contribution is 5.98. The zero-order valence-electron chi connectivity index (χ0n) is 27.6. The Bertz CT molecular complexity index is 1370. The summed E-state index contributed by atoms with van der Waals surface area (Å²) in [6.07, 6.45) is -2.52. The molecule has 48 heavy (non-hydrogen) atoms. The van der Waals surface area contributed by atoms with Gasteiger partial charge in [0, 0.05) is 12.1 Å². The zero-order chi connectivity index (χ0) is 35.8. The molecule has 0 bridgehead atoms. The molecule has 2 aromatic rings. The molecule has 0 heterocycles. The molecule has 10 N–H and O–H groups in total. The van der Waals surface area contributed by atoms with E-state index >= 15 is 0 Å². The molecule has 15 heteroatoms. The molecule has 6 amide bonds.